The number of fused-ring (bicyclic) bond motifs is 1. The molecule has 2 aliphatic heterocycles. The topological polar surface area (TPSA) is 45.3 Å². The zero-order valence-electron chi connectivity index (χ0n) is 15.6. The van der Waals surface area contributed by atoms with Crippen molar-refractivity contribution < 1.29 is 14.3 Å². The monoisotopic (exact) mass is 347 g/mol. The third kappa shape index (κ3) is 4.25. The molecule has 3 rings (SSSR count). The number of piperazine rings is 1. The second-order valence-electron chi connectivity index (χ2n) is 6.94. The fraction of sp³-hybridized carbons (Fsp3) is 0.632. The van der Waals surface area contributed by atoms with Crippen molar-refractivity contribution in [2.75, 3.05) is 60.5 Å². The largest absolute Gasteiger partial charge is 0.493 e. The lowest BCUT2D eigenvalue weighted by atomic mass is 9.98. The molecule has 1 aromatic carbocycles. The van der Waals surface area contributed by atoms with Gasteiger partial charge in [-0.15, -0.1) is 0 Å². The predicted octanol–water partition coefficient (Wildman–Crippen LogP) is 1.23. The van der Waals surface area contributed by atoms with Crippen LogP contribution in [0.4, 0.5) is 0 Å². The van der Waals surface area contributed by atoms with Gasteiger partial charge in [0.05, 0.1) is 14.2 Å². The molecule has 6 heteroatoms. The summed E-state index contributed by atoms with van der Waals surface area (Å²) >= 11 is 0. The molecular formula is C19H29N3O3. The van der Waals surface area contributed by atoms with E-state index in [0.29, 0.717) is 13.0 Å². The van der Waals surface area contributed by atoms with Gasteiger partial charge >= 0.3 is 0 Å². The summed E-state index contributed by atoms with van der Waals surface area (Å²) in [7, 11) is 5.45. The van der Waals surface area contributed by atoms with Gasteiger partial charge in [-0.25, -0.2) is 0 Å². The molecule has 1 amide bonds. The van der Waals surface area contributed by atoms with Gasteiger partial charge in [0.25, 0.3) is 0 Å². The fourth-order valence-corrected chi connectivity index (χ4v) is 3.58. The molecule has 0 atom stereocenters. The quantitative estimate of drug-likeness (QED) is 0.802. The van der Waals surface area contributed by atoms with Crippen LogP contribution in [0.1, 0.15) is 17.5 Å². The molecule has 138 valence electrons. The van der Waals surface area contributed by atoms with Gasteiger partial charge in [0, 0.05) is 52.2 Å². The van der Waals surface area contributed by atoms with Gasteiger partial charge in [-0.05, 0) is 36.7 Å². The van der Waals surface area contributed by atoms with Crippen LogP contribution in [0, 0.1) is 0 Å². The maximum absolute atomic E-state index is 12.6. The van der Waals surface area contributed by atoms with E-state index in [4.69, 9.17) is 9.47 Å². The van der Waals surface area contributed by atoms with Crippen LogP contribution in [0.2, 0.25) is 0 Å². The molecule has 0 N–H and O–H groups in total. The molecule has 2 aliphatic rings. The number of nitrogens with zero attached hydrogens (tertiary/aromatic N) is 3. The zero-order chi connectivity index (χ0) is 17.8. The Bertz CT molecular complexity index is 612. The third-order valence-electron chi connectivity index (χ3n) is 5.31. The molecule has 0 spiro atoms. The van der Waals surface area contributed by atoms with E-state index in [2.05, 4.69) is 16.8 Å². The van der Waals surface area contributed by atoms with Crippen LogP contribution in [0.3, 0.4) is 0 Å². The van der Waals surface area contributed by atoms with Crippen LogP contribution in [-0.2, 0) is 17.8 Å². The summed E-state index contributed by atoms with van der Waals surface area (Å²) in [5.74, 6) is 1.74. The molecule has 6 nitrogen and oxygen atoms in total. The first kappa shape index (κ1) is 18.0. The number of hydrogen-bond acceptors (Lipinski definition) is 5. The summed E-state index contributed by atoms with van der Waals surface area (Å²) in [4.78, 5) is 19.3. The first-order chi connectivity index (χ1) is 12.1. The Labute approximate surface area is 150 Å². The van der Waals surface area contributed by atoms with E-state index in [1.54, 1.807) is 14.2 Å². The molecule has 0 unspecified atom stereocenters. The lowest BCUT2D eigenvalue weighted by molar-refractivity contribution is -0.132. The number of carbonyl (C=O) groups excluding carboxylic acids is 1. The highest BCUT2D eigenvalue weighted by Gasteiger charge is 2.23. The fourth-order valence-electron chi connectivity index (χ4n) is 3.58. The van der Waals surface area contributed by atoms with Gasteiger partial charge in [0.2, 0.25) is 5.91 Å². The number of hydrogen-bond donors (Lipinski definition) is 0. The lowest BCUT2D eigenvalue weighted by Gasteiger charge is -2.33. The van der Waals surface area contributed by atoms with Gasteiger partial charge in [0.15, 0.2) is 11.5 Å². The number of methoxy groups -OCH3 is 2. The maximum atomic E-state index is 12.6. The molecule has 0 bridgehead atoms. The summed E-state index contributed by atoms with van der Waals surface area (Å²) < 4.78 is 10.8. The molecule has 0 radical (unpaired) electrons. The number of ether oxygens (including phenoxy) is 2. The van der Waals surface area contributed by atoms with Crippen molar-refractivity contribution in [3.05, 3.63) is 23.3 Å². The van der Waals surface area contributed by atoms with E-state index in [1.165, 1.54) is 5.56 Å². The van der Waals surface area contributed by atoms with Crippen LogP contribution in [0.15, 0.2) is 12.1 Å². The Morgan fingerprint density at radius 3 is 2.28 bits per heavy atom. The van der Waals surface area contributed by atoms with Crippen LogP contribution < -0.4 is 9.47 Å². The van der Waals surface area contributed by atoms with E-state index in [-0.39, 0.29) is 5.91 Å². The third-order valence-corrected chi connectivity index (χ3v) is 5.31. The van der Waals surface area contributed by atoms with Crippen molar-refractivity contribution in [1.29, 1.82) is 0 Å². The SMILES string of the molecule is COc1cc2c(cc1OC)CN(C(=O)CCN1CCN(C)CC1)CC2. The van der Waals surface area contributed by atoms with Crippen LogP contribution in [0.25, 0.3) is 0 Å². The highest BCUT2D eigenvalue weighted by molar-refractivity contribution is 5.76. The summed E-state index contributed by atoms with van der Waals surface area (Å²) in [5.41, 5.74) is 2.41. The Kier molecular flexibility index (Phi) is 5.81. The maximum Gasteiger partial charge on any atom is 0.224 e. The summed E-state index contributed by atoms with van der Waals surface area (Å²) in [6.45, 7) is 6.61. The molecule has 0 saturated carbocycles. The minimum atomic E-state index is 0.249. The number of amides is 1. The molecule has 1 aromatic rings. The summed E-state index contributed by atoms with van der Waals surface area (Å²) in [6.07, 6.45) is 1.47. The van der Waals surface area contributed by atoms with Crippen molar-refractivity contribution in [3.8, 4) is 11.5 Å². The van der Waals surface area contributed by atoms with E-state index in [9.17, 15) is 4.79 Å². The van der Waals surface area contributed by atoms with Gasteiger partial charge in [0.1, 0.15) is 0 Å². The van der Waals surface area contributed by atoms with Crippen molar-refractivity contribution in [3.63, 3.8) is 0 Å². The van der Waals surface area contributed by atoms with E-state index in [0.717, 1.165) is 62.8 Å². The van der Waals surface area contributed by atoms with Crippen molar-refractivity contribution in [2.24, 2.45) is 0 Å². The van der Waals surface area contributed by atoms with Gasteiger partial charge in [-0.1, -0.05) is 0 Å². The Balaban J connectivity index is 1.57. The minimum Gasteiger partial charge on any atom is -0.493 e. The van der Waals surface area contributed by atoms with Crippen LogP contribution in [0.5, 0.6) is 11.5 Å². The Morgan fingerprint density at radius 2 is 1.64 bits per heavy atom. The number of benzene rings is 1. The minimum absolute atomic E-state index is 0.249. The standard InChI is InChI=1S/C19H29N3O3/c1-20-8-10-21(11-9-20)6-5-19(23)22-7-4-15-12-17(24-2)18(25-3)13-16(15)14-22/h12-13H,4-11,14H2,1-3H3. The van der Waals surface area contributed by atoms with E-state index < -0.39 is 0 Å². The number of carbonyl (C=O) groups is 1. The molecule has 1 fully saturated rings. The molecule has 0 aliphatic carbocycles. The van der Waals surface area contributed by atoms with Gasteiger partial charge in [-0.3, -0.25) is 4.79 Å². The zero-order valence-corrected chi connectivity index (χ0v) is 15.6. The van der Waals surface area contributed by atoms with Gasteiger partial charge in [-0.2, -0.15) is 0 Å². The smallest absolute Gasteiger partial charge is 0.224 e. The number of likely N-dealkylation sites (N-methyl/N-ethyl adjacent to an activating group) is 1. The molecule has 0 aromatic heterocycles. The average Bonchev–Trinajstić information content (AvgIpc) is 2.65. The van der Waals surface area contributed by atoms with Crippen LogP contribution >= 0.6 is 0 Å². The average molecular weight is 347 g/mol. The van der Waals surface area contributed by atoms with Crippen molar-refractivity contribution >= 4 is 5.91 Å². The number of rotatable bonds is 5. The first-order valence-corrected chi connectivity index (χ1v) is 9.03. The highest BCUT2D eigenvalue weighted by atomic mass is 16.5. The van der Waals surface area contributed by atoms with Crippen molar-refractivity contribution in [1.82, 2.24) is 14.7 Å². The highest BCUT2D eigenvalue weighted by Crippen LogP contribution is 2.33. The van der Waals surface area contributed by atoms with Crippen molar-refractivity contribution in [2.45, 2.75) is 19.4 Å². The Hall–Kier alpha value is -1.79. The summed E-state index contributed by atoms with van der Waals surface area (Å²) in [6, 6.07) is 4.05. The molecule has 2 heterocycles. The second-order valence-corrected chi connectivity index (χ2v) is 6.94. The predicted molar refractivity (Wildman–Crippen MR) is 97.2 cm³/mol. The van der Waals surface area contributed by atoms with Crippen LogP contribution in [-0.4, -0.2) is 81.1 Å². The normalized spacial score (nSPS) is 18.8. The molecule has 25 heavy (non-hydrogen) atoms. The van der Waals surface area contributed by atoms with Gasteiger partial charge < -0.3 is 24.2 Å². The van der Waals surface area contributed by atoms with E-state index in [1.807, 2.05) is 17.0 Å². The summed E-state index contributed by atoms with van der Waals surface area (Å²) in [5, 5.41) is 0. The molecular weight excluding hydrogens is 318 g/mol. The van der Waals surface area contributed by atoms with E-state index >= 15 is 0 Å². The second kappa shape index (κ2) is 8.06. The Morgan fingerprint density at radius 1 is 1.00 bits per heavy atom. The lowest BCUT2D eigenvalue weighted by Crippen LogP contribution is -2.46. The first-order valence-electron chi connectivity index (χ1n) is 9.03. The molecule has 1 saturated heterocycles.